The largest absolute Gasteiger partial charge is 0.495 e. The molecule has 4 aromatic rings. The van der Waals surface area contributed by atoms with Gasteiger partial charge in [0.1, 0.15) is 5.75 Å². The van der Waals surface area contributed by atoms with Gasteiger partial charge < -0.3 is 20.4 Å². The minimum Gasteiger partial charge on any atom is -0.495 e. The number of benzene rings is 3. The zero-order valence-electron chi connectivity index (χ0n) is 16.0. The monoisotopic (exact) mass is 445 g/mol. The molecule has 0 aliphatic carbocycles. The predicted octanol–water partition coefficient (Wildman–Crippen LogP) is 6.21. The molecule has 1 aromatic heterocycles. The van der Waals surface area contributed by atoms with Gasteiger partial charge in [-0.15, -0.1) is 0 Å². The van der Waals surface area contributed by atoms with Crippen LogP contribution in [0, 0.1) is 23.3 Å². The molecule has 0 aliphatic heterocycles. The Balaban J connectivity index is 1.61. The number of thiocarbonyl (C=S) groups is 1. The zero-order valence-corrected chi connectivity index (χ0v) is 16.8. The molecule has 4 nitrogen and oxygen atoms in total. The number of hydrogen-bond acceptors (Lipinski definition) is 2. The molecule has 3 N–H and O–H groups in total. The number of hydrogen-bond donors (Lipinski definition) is 3. The van der Waals surface area contributed by atoms with Crippen LogP contribution in [0.25, 0.3) is 22.2 Å². The first kappa shape index (κ1) is 20.7. The van der Waals surface area contributed by atoms with Gasteiger partial charge in [0.2, 0.25) is 0 Å². The minimum atomic E-state index is -1.00. The summed E-state index contributed by atoms with van der Waals surface area (Å²) in [4.78, 5) is 3.05. The SMILES string of the molecule is COc1ccc(-c2cc3cc(F)c(F)cc3[nH]2)cc1NC(=S)Nc1ccc(F)c(F)c1. The van der Waals surface area contributed by atoms with Crippen molar-refractivity contribution in [3.05, 3.63) is 77.9 Å². The molecule has 31 heavy (non-hydrogen) atoms. The van der Waals surface area contributed by atoms with Crippen LogP contribution in [0.5, 0.6) is 5.75 Å². The third-order valence-corrected chi connectivity index (χ3v) is 4.80. The highest BCUT2D eigenvalue weighted by atomic mass is 32.1. The molecule has 4 rings (SSSR count). The van der Waals surface area contributed by atoms with Crippen molar-refractivity contribution in [1.82, 2.24) is 4.98 Å². The molecule has 3 aromatic carbocycles. The molecule has 0 saturated heterocycles. The second-order valence-electron chi connectivity index (χ2n) is 6.66. The Kier molecular flexibility index (Phi) is 5.51. The molecular weight excluding hydrogens is 430 g/mol. The summed E-state index contributed by atoms with van der Waals surface area (Å²) in [7, 11) is 1.49. The van der Waals surface area contributed by atoms with Gasteiger partial charge in [0, 0.05) is 40.0 Å². The van der Waals surface area contributed by atoms with Crippen molar-refractivity contribution in [3.8, 4) is 17.0 Å². The number of H-pyrrole nitrogens is 1. The molecule has 0 radical (unpaired) electrons. The average Bonchev–Trinajstić information content (AvgIpc) is 3.13. The van der Waals surface area contributed by atoms with E-state index < -0.39 is 23.3 Å². The van der Waals surface area contributed by atoms with E-state index in [0.29, 0.717) is 33.6 Å². The predicted molar refractivity (Wildman–Crippen MR) is 116 cm³/mol. The second kappa shape index (κ2) is 8.27. The highest BCUT2D eigenvalue weighted by Gasteiger charge is 2.12. The third-order valence-electron chi connectivity index (χ3n) is 4.60. The summed E-state index contributed by atoms with van der Waals surface area (Å²) < 4.78 is 58.9. The summed E-state index contributed by atoms with van der Waals surface area (Å²) in [5, 5.41) is 6.37. The maximum atomic E-state index is 13.5. The van der Waals surface area contributed by atoms with Crippen LogP contribution in [-0.2, 0) is 0 Å². The van der Waals surface area contributed by atoms with Gasteiger partial charge in [-0.25, -0.2) is 17.6 Å². The van der Waals surface area contributed by atoms with Crippen LogP contribution in [0.4, 0.5) is 28.9 Å². The lowest BCUT2D eigenvalue weighted by molar-refractivity contribution is 0.417. The zero-order chi connectivity index (χ0) is 22.1. The van der Waals surface area contributed by atoms with Gasteiger partial charge in [-0.05, 0) is 54.7 Å². The fraction of sp³-hybridized carbons (Fsp3) is 0.0455. The lowest BCUT2D eigenvalue weighted by atomic mass is 10.1. The lowest BCUT2D eigenvalue weighted by Gasteiger charge is -2.14. The first-order valence-electron chi connectivity index (χ1n) is 9.03. The van der Waals surface area contributed by atoms with Crippen LogP contribution < -0.4 is 15.4 Å². The van der Waals surface area contributed by atoms with E-state index >= 15 is 0 Å². The minimum absolute atomic E-state index is 0.127. The van der Waals surface area contributed by atoms with E-state index in [2.05, 4.69) is 15.6 Å². The van der Waals surface area contributed by atoms with Gasteiger partial charge in [-0.3, -0.25) is 0 Å². The molecular formula is C22H15F4N3OS. The number of anilines is 2. The first-order chi connectivity index (χ1) is 14.8. The molecule has 0 aliphatic rings. The summed E-state index contributed by atoms with van der Waals surface area (Å²) in [6.45, 7) is 0. The summed E-state index contributed by atoms with van der Waals surface area (Å²) in [5.74, 6) is -3.35. The molecule has 0 saturated carbocycles. The van der Waals surface area contributed by atoms with E-state index in [4.69, 9.17) is 17.0 Å². The molecule has 0 spiro atoms. The molecule has 0 amide bonds. The van der Waals surface area contributed by atoms with E-state index in [1.165, 1.54) is 13.2 Å². The molecule has 0 unspecified atom stereocenters. The van der Waals surface area contributed by atoms with Crippen LogP contribution in [0.1, 0.15) is 0 Å². The maximum Gasteiger partial charge on any atom is 0.175 e. The number of methoxy groups -OCH3 is 1. The molecule has 158 valence electrons. The van der Waals surface area contributed by atoms with E-state index in [9.17, 15) is 17.6 Å². The van der Waals surface area contributed by atoms with Gasteiger partial charge >= 0.3 is 0 Å². The van der Waals surface area contributed by atoms with Crippen LogP contribution >= 0.6 is 12.2 Å². The van der Waals surface area contributed by atoms with Gasteiger partial charge in [-0.1, -0.05) is 0 Å². The van der Waals surface area contributed by atoms with Crippen molar-refractivity contribution < 1.29 is 22.3 Å². The molecule has 0 atom stereocenters. The van der Waals surface area contributed by atoms with Crippen LogP contribution in [0.3, 0.4) is 0 Å². The third kappa shape index (κ3) is 4.31. The first-order valence-corrected chi connectivity index (χ1v) is 9.44. The van der Waals surface area contributed by atoms with E-state index in [1.807, 2.05) is 0 Å². The Bertz CT molecular complexity index is 1270. The van der Waals surface area contributed by atoms with Gasteiger partial charge in [0.05, 0.1) is 12.8 Å². The Morgan fingerprint density at radius 3 is 2.32 bits per heavy atom. The van der Waals surface area contributed by atoms with Crippen molar-refractivity contribution >= 4 is 39.6 Å². The number of nitrogens with one attached hydrogen (secondary N) is 3. The van der Waals surface area contributed by atoms with Crippen molar-refractivity contribution in [2.75, 3.05) is 17.7 Å². The van der Waals surface area contributed by atoms with Crippen molar-refractivity contribution in [2.45, 2.75) is 0 Å². The molecule has 0 fully saturated rings. The van der Waals surface area contributed by atoms with Gasteiger partial charge in [0.15, 0.2) is 28.4 Å². The summed E-state index contributed by atoms with van der Waals surface area (Å²) in [6, 6.07) is 12.4. The fourth-order valence-corrected chi connectivity index (χ4v) is 3.34. The summed E-state index contributed by atoms with van der Waals surface area (Å²) in [5.41, 5.74) is 2.55. The molecule has 0 bridgehead atoms. The van der Waals surface area contributed by atoms with Crippen LogP contribution in [-0.4, -0.2) is 17.2 Å². The van der Waals surface area contributed by atoms with Crippen molar-refractivity contribution in [1.29, 1.82) is 0 Å². The number of fused-ring (bicyclic) bond motifs is 1. The molecule has 9 heteroatoms. The quantitative estimate of drug-likeness (QED) is 0.258. The number of aromatic nitrogens is 1. The number of halogens is 4. The maximum absolute atomic E-state index is 13.5. The number of rotatable bonds is 4. The summed E-state index contributed by atoms with van der Waals surface area (Å²) >= 11 is 5.26. The van der Waals surface area contributed by atoms with E-state index in [-0.39, 0.29) is 10.8 Å². The normalized spacial score (nSPS) is 10.9. The summed E-state index contributed by atoms with van der Waals surface area (Å²) in [6.07, 6.45) is 0. The molecule has 1 heterocycles. The van der Waals surface area contributed by atoms with Gasteiger partial charge in [0.25, 0.3) is 0 Å². The Morgan fingerprint density at radius 2 is 1.58 bits per heavy atom. The van der Waals surface area contributed by atoms with Crippen molar-refractivity contribution in [3.63, 3.8) is 0 Å². The Labute approximate surface area is 179 Å². The number of aromatic amines is 1. The second-order valence-corrected chi connectivity index (χ2v) is 7.07. The smallest absolute Gasteiger partial charge is 0.175 e. The fourth-order valence-electron chi connectivity index (χ4n) is 3.11. The lowest BCUT2D eigenvalue weighted by Crippen LogP contribution is -2.19. The highest BCUT2D eigenvalue weighted by molar-refractivity contribution is 7.80. The van der Waals surface area contributed by atoms with Gasteiger partial charge in [-0.2, -0.15) is 0 Å². The number of ether oxygens (including phenoxy) is 1. The van der Waals surface area contributed by atoms with Crippen molar-refractivity contribution in [2.24, 2.45) is 0 Å². The average molecular weight is 445 g/mol. The van der Waals surface area contributed by atoms with E-state index in [1.54, 1.807) is 24.3 Å². The Hall–Kier alpha value is -3.59. The standard InChI is InChI=1S/C22H15F4N3OS/c1-30-21-5-2-11(18-8-12-6-15(24)17(26)10-19(12)28-18)7-20(21)29-22(31)27-13-3-4-14(23)16(25)9-13/h2-10,28H,1H3,(H2,27,29,31). The Morgan fingerprint density at radius 1 is 0.839 bits per heavy atom. The topological polar surface area (TPSA) is 49.1 Å². The van der Waals surface area contributed by atoms with Crippen LogP contribution in [0.15, 0.2) is 54.6 Å². The van der Waals surface area contributed by atoms with Crippen LogP contribution in [0.2, 0.25) is 0 Å². The van der Waals surface area contributed by atoms with E-state index in [0.717, 1.165) is 24.3 Å². The highest BCUT2D eigenvalue weighted by Crippen LogP contribution is 2.32.